The summed E-state index contributed by atoms with van der Waals surface area (Å²) in [6.07, 6.45) is 0.437. The zero-order valence-electron chi connectivity index (χ0n) is 12.7. The zero-order valence-corrected chi connectivity index (χ0v) is 12.7. The number of hydrogen-bond donors (Lipinski definition) is 1. The van der Waals surface area contributed by atoms with Crippen molar-refractivity contribution in [1.82, 2.24) is 9.55 Å². The molecule has 1 heterocycles. The van der Waals surface area contributed by atoms with Crippen molar-refractivity contribution in [3.8, 4) is 0 Å². The number of aromatic nitrogens is 2. The van der Waals surface area contributed by atoms with Crippen molar-refractivity contribution in [2.75, 3.05) is 0 Å². The Balaban J connectivity index is 2.05. The van der Waals surface area contributed by atoms with E-state index < -0.39 is 11.9 Å². The lowest BCUT2D eigenvalue weighted by Crippen LogP contribution is -2.18. The van der Waals surface area contributed by atoms with Gasteiger partial charge in [-0.05, 0) is 36.6 Å². The van der Waals surface area contributed by atoms with Gasteiger partial charge in [-0.25, -0.2) is 4.98 Å². The first kappa shape index (κ1) is 14.3. The first-order valence-electron chi connectivity index (χ1n) is 7.26. The lowest BCUT2D eigenvalue weighted by atomic mass is 9.98. The van der Waals surface area contributed by atoms with Gasteiger partial charge in [0.25, 0.3) is 0 Å². The van der Waals surface area contributed by atoms with Crippen molar-refractivity contribution in [3.05, 3.63) is 65.5 Å². The Kier molecular flexibility index (Phi) is 3.67. The Labute approximate surface area is 129 Å². The minimum atomic E-state index is -0.848. The average molecular weight is 294 g/mol. The molecule has 0 bridgehead atoms. The van der Waals surface area contributed by atoms with Gasteiger partial charge in [-0.15, -0.1) is 0 Å². The molecule has 1 atom stereocenters. The first-order valence-corrected chi connectivity index (χ1v) is 7.26. The molecule has 0 spiro atoms. The van der Waals surface area contributed by atoms with E-state index in [1.807, 2.05) is 67.1 Å². The van der Waals surface area contributed by atoms with Crippen LogP contribution < -0.4 is 0 Å². The SMILES string of the molecule is Cc1ccc2c(c1)nc(C(Cc1ccccc1)C(=O)O)n2C. The third-order valence-electron chi connectivity index (χ3n) is 3.96. The summed E-state index contributed by atoms with van der Waals surface area (Å²) in [6, 6.07) is 15.7. The molecule has 0 aliphatic carbocycles. The molecule has 1 N–H and O–H groups in total. The van der Waals surface area contributed by atoms with E-state index in [-0.39, 0.29) is 0 Å². The number of benzene rings is 2. The highest BCUT2D eigenvalue weighted by molar-refractivity contribution is 5.81. The van der Waals surface area contributed by atoms with Gasteiger partial charge >= 0.3 is 5.97 Å². The highest BCUT2D eigenvalue weighted by Gasteiger charge is 2.25. The monoisotopic (exact) mass is 294 g/mol. The molecule has 0 amide bonds. The first-order chi connectivity index (χ1) is 10.6. The molecule has 0 radical (unpaired) electrons. The van der Waals surface area contributed by atoms with Crippen LogP contribution in [-0.4, -0.2) is 20.6 Å². The fourth-order valence-electron chi connectivity index (χ4n) is 2.78. The van der Waals surface area contributed by atoms with Crippen molar-refractivity contribution < 1.29 is 9.90 Å². The second-order valence-corrected chi connectivity index (χ2v) is 5.60. The zero-order chi connectivity index (χ0) is 15.7. The maximum atomic E-state index is 11.7. The summed E-state index contributed by atoms with van der Waals surface area (Å²) in [7, 11) is 1.88. The third kappa shape index (κ3) is 2.60. The van der Waals surface area contributed by atoms with E-state index in [1.165, 1.54) is 0 Å². The smallest absolute Gasteiger partial charge is 0.314 e. The summed E-state index contributed by atoms with van der Waals surface area (Å²) in [5.41, 5.74) is 3.92. The van der Waals surface area contributed by atoms with Gasteiger partial charge < -0.3 is 9.67 Å². The Bertz CT molecular complexity index is 822. The summed E-state index contributed by atoms with van der Waals surface area (Å²) < 4.78 is 1.89. The molecule has 0 aliphatic rings. The minimum Gasteiger partial charge on any atom is -0.481 e. The van der Waals surface area contributed by atoms with Crippen molar-refractivity contribution in [2.24, 2.45) is 7.05 Å². The van der Waals surface area contributed by atoms with Gasteiger partial charge in [0.05, 0.1) is 11.0 Å². The van der Waals surface area contributed by atoms with Gasteiger partial charge in [-0.2, -0.15) is 0 Å². The number of carboxylic acids is 1. The van der Waals surface area contributed by atoms with Crippen LogP contribution in [0.5, 0.6) is 0 Å². The van der Waals surface area contributed by atoms with Crippen LogP contribution in [0.15, 0.2) is 48.5 Å². The predicted molar refractivity (Wildman–Crippen MR) is 86.0 cm³/mol. The molecule has 3 aromatic rings. The summed E-state index contributed by atoms with van der Waals surface area (Å²) in [5, 5.41) is 9.64. The van der Waals surface area contributed by atoms with Crippen molar-refractivity contribution in [3.63, 3.8) is 0 Å². The summed E-state index contributed by atoms with van der Waals surface area (Å²) in [6.45, 7) is 2.01. The minimum absolute atomic E-state index is 0.437. The maximum absolute atomic E-state index is 11.7. The maximum Gasteiger partial charge on any atom is 0.314 e. The van der Waals surface area contributed by atoms with Gasteiger partial charge in [0, 0.05) is 7.05 Å². The fourth-order valence-corrected chi connectivity index (χ4v) is 2.78. The molecule has 4 nitrogen and oxygen atoms in total. The van der Waals surface area contributed by atoms with E-state index in [0.717, 1.165) is 22.2 Å². The highest BCUT2D eigenvalue weighted by Crippen LogP contribution is 2.25. The molecule has 1 aromatic heterocycles. The lowest BCUT2D eigenvalue weighted by molar-refractivity contribution is -0.139. The lowest BCUT2D eigenvalue weighted by Gasteiger charge is -2.12. The van der Waals surface area contributed by atoms with Crippen molar-refractivity contribution >= 4 is 17.0 Å². The van der Waals surface area contributed by atoms with Gasteiger partial charge in [0.1, 0.15) is 11.7 Å². The molecular formula is C18H18N2O2. The van der Waals surface area contributed by atoms with Gasteiger partial charge in [-0.1, -0.05) is 36.4 Å². The van der Waals surface area contributed by atoms with Crippen molar-refractivity contribution in [2.45, 2.75) is 19.3 Å². The summed E-state index contributed by atoms with van der Waals surface area (Å²) >= 11 is 0. The summed E-state index contributed by atoms with van der Waals surface area (Å²) in [5.74, 6) is -0.906. The van der Waals surface area contributed by atoms with Crippen LogP contribution in [0.1, 0.15) is 22.9 Å². The molecule has 0 aliphatic heterocycles. The van der Waals surface area contributed by atoms with E-state index in [2.05, 4.69) is 4.98 Å². The van der Waals surface area contributed by atoms with Gasteiger partial charge in [-0.3, -0.25) is 4.79 Å². The van der Waals surface area contributed by atoms with Crippen LogP contribution in [0.3, 0.4) is 0 Å². The number of aliphatic carboxylic acids is 1. The highest BCUT2D eigenvalue weighted by atomic mass is 16.4. The van der Waals surface area contributed by atoms with Crippen molar-refractivity contribution in [1.29, 1.82) is 0 Å². The third-order valence-corrected chi connectivity index (χ3v) is 3.96. The molecule has 112 valence electrons. The molecule has 3 rings (SSSR count). The van der Waals surface area contributed by atoms with Crippen LogP contribution in [0.4, 0.5) is 0 Å². The molecule has 22 heavy (non-hydrogen) atoms. The standard InChI is InChI=1S/C18H18N2O2/c1-12-8-9-16-15(10-12)19-17(20(16)2)14(18(21)22)11-13-6-4-3-5-7-13/h3-10,14H,11H2,1-2H3,(H,21,22). The van der Waals surface area contributed by atoms with Crippen LogP contribution in [-0.2, 0) is 18.3 Å². The fraction of sp³-hybridized carbons (Fsp3) is 0.222. The molecule has 4 heteroatoms. The van der Waals surface area contributed by atoms with E-state index in [9.17, 15) is 9.90 Å². The van der Waals surface area contributed by atoms with Gasteiger partial charge in [0.15, 0.2) is 0 Å². The van der Waals surface area contributed by atoms with E-state index in [1.54, 1.807) is 0 Å². The Morgan fingerprint density at radius 2 is 1.95 bits per heavy atom. The molecule has 0 saturated carbocycles. The number of nitrogens with zero attached hydrogens (tertiary/aromatic N) is 2. The van der Waals surface area contributed by atoms with Crippen LogP contribution >= 0.6 is 0 Å². The second-order valence-electron chi connectivity index (χ2n) is 5.60. The van der Waals surface area contributed by atoms with Crippen LogP contribution in [0.2, 0.25) is 0 Å². The topological polar surface area (TPSA) is 55.1 Å². The molecule has 0 saturated heterocycles. The van der Waals surface area contributed by atoms with Crippen LogP contribution in [0, 0.1) is 6.92 Å². The number of carboxylic acid groups (broad SMARTS) is 1. The number of hydrogen-bond acceptors (Lipinski definition) is 2. The largest absolute Gasteiger partial charge is 0.481 e. The normalized spacial score (nSPS) is 12.5. The Morgan fingerprint density at radius 1 is 1.23 bits per heavy atom. The van der Waals surface area contributed by atoms with Crippen LogP contribution in [0.25, 0.3) is 11.0 Å². The average Bonchev–Trinajstić information content (AvgIpc) is 2.81. The van der Waals surface area contributed by atoms with Gasteiger partial charge in [0.2, 0.25) is 0 Å². The Hall–Kier alpha value is -2.62. The van der Waals surface area contributed by atoms with E-state index >= 15 is 0 Å². The predicted octanol–water partition coefficient (Wildman–Crippen LogP) is 3.29. The molecule has 0 fully saturated rings. The number of imidazole rings is 1. The molecule has 1 unspecified atom stereocenters. The number of carbonyl (C=O) groups is 1. The quantitative estimate of drug-likeness (QED) is 0.803. The van der Waals surface area contributed by atoms with E-state index in [0.29, 0.717) is 12.2 Å². The number of fused-ring (bicyclic) bond motifs is 1. The summed E-state index contributed by atoms with van der Waals surface area (Å²) in [4.78, 5) is 16.3. The number of rotatable bonds is 4. The van der Waals surface area contributed by atoms with E-state index in [4.69, 9.17) is 0 Å². The number of aryl methyl sites for hydroxylation is 2. The molecule has 2 aromatic carbocycles. The second kappa shape index (κ2) is 5.64. The molecular weight excluding hydrogens is 276 g/mol. The Morgan fingerprint density at radius 3 is 2.64 bits per heavy atom.